The first-order chi connectivity index (χ1) is 40.4. The molecule has 0 spiro atoms. The van der Waals surface area contributed by atoms with Crippen LogP contribution in [0, 0.1) is 11.8 Å². The first kappa shape index (κ1) is 82.1. The molecule has 0 saturated carbocycles. The summed E-state index contributed by atoms with van der Waals surface area (Å²) in [5.74, 6) is -0.699. The zero-order valence-corrected chi connectivity index (χ0v) is 56.0. The van der Waals surface area contributed by atoms with Crippen LogP contribution in [0.5, 0.6) is 0 Å². The van der Waals surface area contributed by atoms with E-state index < -0.39 is 97.5 Å². The van der Waals surface area contributed by atoms with Gasteiger partial charge in [-0.25, -0.2) is 9.13 Å². The number of hydrogen-bond donors (Lipinski definition) is 3. The highest BCUT2D eigenvalue weighted by molar-refractivity contribution is 7.47. The number of carbonyl (C=O) groups is 4. The number of aliphatic hydroxyl groups is 1. The number of rotatable bonds is 64. The minimum Gasteiger partial charge on any atom is -0.462 e. The van der Waals surface area contributed by atoms with Crippen LogP contribution in [0.1, 0.15) is 324 Å². The van der Waals surface area contributed by atoms with E-state index in [0.717, 1.165) is 108 Å². The fourth-order valence-electron chi connectivity index (χ4n) is 9.71. The molecule has 0 heterocycles. The molecule has 19 heteroatoms. The van der Waals surface area contributed by atoms with Crippen molar-refractivity contribution < 1.29 is 80.2 Å². The molecule has 0 bridgehead atoms. The second kappa shape index (κ2) is 57.5. The Balaban J connectivity index is 5.15. The van der Waals surface area contributed by atoms with Crippen molar-refractivity contribution in [2.24, 2.45) is 11.8 Å². The van der Waals surface area contributed by atoms with E-state index in [1.165, 1.54) is 135 Å². The Labute approximate surface area is 511 Å². The van der Waals surface area contributed by atoms with Crippen LogP contribution in [-0.4, -0.2) is 96.7 Å². The molecule has 0 aromatic carbocycles. The van der Waals surface area contributed by atoms with Gasteiger partial charge in [-0.1, -0.05) is 273 Å². The molecule has 0 fully saturated rings. The van der Waals surface area contributed by atoms with Crippen molar-refractivity contribution in [2.45, 2.75) is 342 Å². The van der Waals surface area contributed by atoms with Gasteiger partial charge in [0.25, 0.3) is 0 Å². The standard InChI is InChI=1S/C65H126O17P2/c1-7-9-11-13-14-15-16-17-18-19-20-21-22-23-31-37-43-49-64(69)82-61(54-76-63(68)48-42-36-30-26-24-28-34-39-45-57(3)4)56-80-84(73,74)78-52-59(66)51-77-83(71,72)79-55-60(53-75-62(67)47-41-33-12-10-8-2)81-65(70)50-44-38-32-27-25-29-35-40-46-58(5)6/h57-61,66H,7-56H2,1-6H3,(H,71,72)(H,73,74)/t59-,60+,61+/m0/s1. The van der Waals surface area contributed by atoms with Crippen molar-refractivity contribution in [2.75, 3.05) is 39.6 Å². The zero-order chi connectivity index (χ0) is 62.2. The lowest BCUT2D eigenvalue weighted by atomic mass is 10.0. The molecule has 17 nitrogen and oxygen atoms in total. The Hall–Kier alpha value is -1.94. The fourth-order valence-corrected chi connectivity index (χ4v) is 11.3. The third-order valence-electron chi connectivity index (χ3n) is 15.0. The minimum absolute atomic E-state index is 0.103. The van der Waals surface area contributed by atoms with E-state index in [0.29, 0.717) is 25.7 Å². The van der Waals surface area contributed by atoms with Gasteiger partial charge >= 0.3 is 39.5 Å². The van der Waals surface area contributed by atoms with Crippen LogP contribution in [0.25, 0.3) is 0 Å². The van der Waals surface area contributed by atoms with Crippen molar-refractivity contribution in [1.29, 1.82) is 0 Å². The summed E-state index contributed by atoms with van der Waals surface area (Å²) in [5.41, 5.74) is 0. The van der Waals surface area contributed by atoms with E-state index in [4.69, 9.17) is 37.0 Å². The van der Waals surface area contributed by atoms with Crippen LogP contribution in [0.3, 0.4) is 0 Å². The molecule has 0 aliphatic heterocycles. The fraction of sp³-hybridized carbons (Fsp3) is 0.938. The van der Waals surface area contributed by atoms with Gasteiger partial charge in [-0.05, 0) is 37.5 Å². The van der Waals surface area contributed by atoms with Gasteiger partial charge < -0.3 is 33.8 Å². The van der Waals surface area contributed by atoms with E-state index in [-0.39, 0.29) is 25.7 Å². The molecule has 2 unspecified atom stereocenters. The highest BCUT2D eigenvalue weighted by atomic mass is 31.2. The quantitative estimate of drug-likeness (QED) is 0.0222. The van der Waals surface area contributed by atoms with Gasteiger partial charge in [0.1, 0.15) is 19.3 Å². The third kappa shape index (κ3) is 59.0. The number of carbonyl (C=O) groups excluding carboxylic acids is 4. The second-order valence-electron chi connectivity index (χ2n) is 24.5. The molecule has 0 radical (unpaired) electrons. The molecular formula is C65H126O17P2. The first-order valence-corrected chi connectivity index (χ1v) is 37.0. The SMILES string of the molecule is CCCCCCCCCCCCCCCCCCCC(=O)O[C@H](COC(=O)CCCCCCCCCCC(C)C)COP(=O)(O)OC[C@@H](O)COP(=O)(O)OC[C@@H](COC(=O)CCCCCCC)OC(=O)CCCCCCCCCCC(C)C. The molecule has 0 aliphatic rings. The third-order valence-corrected chi connectivity index (χ3v) is 16.9. The highest BCUT2D eigenvalue weighted by Gasteiger charge is 2.30. The van der Waals surface area contributed by atoms with Crippen molar-refractivity contribution in [1.82, 2.24) is 0 Å². The molecule has 0 amide bonds. The lowest BCUT2D eigenvalue weighted by Crippen LogP contribution is -2.30. The summed E-state index contributed by atoms with van der Waals surface area (Å²) < 4.78 is 67.8. The Morgan fingerprint density at radius 3 is 0.810 bits per heavy atom. The number of aliphatic hydroxyl groups excluding tert-OH is 1. The van der Waals surface area contributed by atoms with Gasteiger partial charge in [0, 0.05) is 25.7 Å². The molecule has 0 aromatic heterocycles. The Morgan fingerprint density at radius 2 is 0.548 bits per heavy atom. The van der Waals surface area contributed by atoms with E-state index in [1.807, 2.05) is 0 Å². The number of unbranched alkanes of at least 4 members (excludes halogenated alkanes) is 34. The van der Waals surface area contributed by atoms with Crippen LogP contribution < -0.4 is 0 Å². The van der Waals surface area contributed by atoms with E-state index >= 15 is 0 Å². The van der Waals surface area contributed by atoms with Gasteiger partial charge in [-0.2, -0.15) is 0 Å². The largest absolute Gasteiger partial charge is 0.472 e. The van der Waals surface area contributed by atoms with Crippen molar-refractivity contribution in [3.63, 3.8) is 0 Å². The van der Waals surface area contributed by atoms with E-state index in [9.17, 15) is 43.2 Å². The van der Waals surface area contributed by atoms with Gasteiger partial charge in [0.15, 0.2) is 12.2 Å². The Morgan fingerprint density at radius 1 is 0.321 bits per heavy atom. The number of esters is 4. The second-order valence-corrected chi connectivity index (χ2v) is 27.4. The molecule has 84 heavy (non-hydrogen) atoms. The van der Waals surface area contributed by atoms with Gasteiger partial charge in [-0.3, -0.25) is 37.3 Å². The summed E-state index contributed by atoms with van der Waals surface area (Å²) in [4.78, 5) is 72.0. The molecule has 498 valence electrons. The lowest BCUT2D eigenvalue weighted by Gasteiger charge is -2.21. The maximum Gasteiger partial charge on any atom is 0.472 e. The van der Waals surface area contributed by atoms with Crippen LogP contribution in [-0.2, 0) is 65.4 Å². The van der Waals surface area contributed by atoms with Crippen LogP contribution in [0.4, 0.5) is 0 Å². The van der Waals surface area contributed by atoms with Gasteiger partial charge in [-0.15, -0.1) is 0 Å². The molecular weight excluding hydrogens is 1110 g/mol. The molecule has 0 saturated heterocycles. The van der Waals surface area contributed by atoms with Gasteiger partial charge in [0.05, 0.1) is 26.4 Å². The molecule has 0 rings (SSSR count). The Kier molecular flexibility index (Phi) is 56.2. The van der Waals surface area contributed by atoms with Crippen molar-refractivity contribution in [3.8, 4) is 0 Å². The van der Waals surface area contributed by atoms with E-state index in [2.05, 4.69) is 41.5 Å². The molecule has 0 aliphatic carbocycles. The Bertz CT molecular complexity index is 1650. The predicted octanol–water partition coefficient (Wildman–Crippen LogP) is 18.0. The average Bonchev–Trinajstić information content (AvgIpc) is 3.58. The number of phosphoric ester groups is 2. The normalized spacial score (nSPS) is 14.3. The lowest BCUT2D eigenvalue weighted by molar-refractivity contribution is -0.161. The zero-order valence-electron chi connectivity index (χ0n) is 54.2. The summed E-state index contributed by atoms with van der Waals surface area (Å²) in [6, 6.07) is 0. The summed E-state index contributed by atoms with van der Waals surface area (Å²) in [5, 5.41) is 10.5. The summed E-state index contributed by atoms with van der Waals surface area (Å²) in [7, 11) is -9.88. The maximum absolute atomic E-state index is 13.0. The molecule has 0 aromatic rings. The maximum atomic E-state index is 13.0. The highest BCUT2D eigenvalue weighted by Crippen LogP contribution is 2.45. The van der Waals surface area contributed by atoms with Crippen LogP contribution >= 0.6 is 15.6 Å². The summed E-state index contributed by atoms with van der Waals surface area (Å²) >= 11 is 0. The summed E-state index contributed by atoms with van der Waals surface area (Å²) in [6.45, 7) is 9.34. The minimum atomic E-state index is -4.94. The summed E-state index contributed by atoms with van der Waals surface area (Å²) in [6.07, 6.45) is 40.8. The molecule has 3 N–H and O–H groups in total. The number of hydrogen-bond acceptors (Lipinski definition) is 15. The smallest absolute Gasteiger partial charge is 0.462 e. The van der Waals surface area contributed by atoms with Crippen molar-refractivity contribution >= 4 is 39.5 Å². The van der Waals surface area contributed by atoms with Crippen LogP contribution in [0.2, 0.25) is 0 Å². The van der Waals surface area contributed by atoms with Crippen LogP contribution in [0.15, 0.2) is 0 Å². The first-order valence-electron chi connectivity index (χ1n) is 34.0. The topological polar surface area (TPSA) is 237 Å². The van der Waals surface area contributed by atoms with E-state index in [1.54, 1.807) is 0 Å². The number of ether oxygens (including phenoxy) is 4. The number of phosphoric acid groups is 2. The monoisotopic (exact) mass is 1240 g/mol. The van der Waals surface area contributed by atoms with Crippen molar-refractivity contribution in [3.05, 3.63) is 0 Å². The average molecular weight is 1240 g/mol. The molecule has 5 atom stereocenters. The van der Waals surface area contributed by atoms with Gasteiger partial charge in [0.2, 0.25) is 0 Å². The predicted molar refractivity (Wildman–Crippen MR) is 335 cm³/mol.